The Bertz CT molecular complexity index is 511. The zero-order valence-corrected chi connectivity index (χ0v) is 11.0. The van der Waals surface area contributed by atoms with Crippen LogP contribution in [0.4, 0.5) is 5.69 Å². The summed E-state index contributed by atoms with van der Waals surface area (Å²) in [6.07, 6.45) is 0. The molecule has 1 N–H and O–H groups in total. The Balaban J connectivity index is 2.57. The molecule has 4 nitrogen and oxygen atoms in total. The van der Waals surface area contributed by atoms with Crippen LogP contribution in [0.3, 0.4) is 0 Å². The van der Waals surface area contributed by atoms with Crippen molar-refractivity contribution >= 4 is 29.0 Å². The number of nitrogens with one attached hydrogen (secondary N) is 1. The predicted molar refractivity (Wildman–Crippen MR) is 69.7 cm³/mol. The van der Waals surface area contributed by atoms with Crippen molar-refractivity contribution in [3.05, 3.63) is 23.3 Å². The van der Waals surface area contributed by atoms with Gasteiger partial charge in [-0.2, -0.15) is 0 Å². The lowest BCUT2D eigenvalue weighted by Gasteiger charge is -2.22. The van der Waals surface area contributed by atoms with E-state index in [-0.39, 0.29) is 30.1 Å². The quantitative estimate of drug-likeness (QED) is 0.676. The van der Waals surface area contributed by atoms with E-state index in [2.05, 4.69) is 5.32 Å². The van der Waals surface area contributed by atoms with Gasteiger partial charge in [-0.15, -0.1) is 11.6 Å². The second kappa shape index (κ2) is 4.98. The van der Waals surface area contributed by atoms with E-state index in [1.165, 1.54) is 0 Å². The highest BCUT2D eigenvalue weighted by molar-refractivity contribution is 6.31. The van der Waals surface area contributed by atoms with Gasteiger partial charge in [-0.25, -0.2) is 0 Å². The SMILES string of the molecule is CC(C)c1cc2c(c(C(=O)CCl)c1)OCC(=O)N2. The van der Waals surface area contributed by atoms with Gasteiger partial charge in [0.1, 0.15) is 0 Å². The molecule has 1 aliphatic heterocycles. The molecule has 5 heteroatoms. The summed E-state index contributed by atoms with van der Waals surface area (Å²) >= 11 is 5.60. The summed E-state index contributed by atoms with van der Waals surface area (Å²) in [6.45, 7) is 3.96. The highest BCUT2D eigenvalue weighted by atomic mass is 35.5. The maximum Gasteiger partial charge on any atom is 0.262 e. The minimum atomic E-state index is -0.215. The second-order valence-corrected chi connectivity index (χ2v) is 4.76. The lowest BCUT2D eigenvalue weighted by Crippen LogP contribution is -2.27. The maximum atomic E-state index is 11.8. The van der Waals surface area contributed by atoms with Gasteiger partial charge < -0.3 is 10.1 Å². The maximum absolute atomic E-state index is 11.8. The smallest absolute Gasteiger partial charge is 0.262 e. The molecule has 18 heavy (non-hydrogen) atoms. The molecule has 1 aromatic rings. The van der Waals surface area contributed by atoms with Crippen molar-refractivity contribution in [2.24, 2.45) is 0 Å². The standard InChI is InChI=1S/C13H14ClNO3/c1-7(2)8-3-9(11(16)5-14)13-10(4-8)15-12(17)6-18-13/h3-4,7H,5-6H2,1-2H3,(H,15,17). The van der Waals surface area contributed by atoms with Crippen LogP contribution < -0.4 is 10.1 Å². The number of amides is 1. The third kappa shape index (κ3) is 2.34. The number of fused-ring (bicyclic) bond motifs is 1. The van der Waals surface area contributed by atoms with Crippen LogP contribution in [0.25, 0.3) is 0 Å². The minimum absolute atomic E-state index is 0.0728. The number of Topliss-reactive ketones (excluding diaryl/α,β-unsaturated/α-hetero) is 1. The molecule has 0 saturated carbocycles. The van der Waals surface area contributed by atoms with Crippen LogP contribution in [-0.2, 0) is 4.79 Å². The Morgan fingerprint density at radius 1 is 1.50 bits per heavy atom. The Morgan fingerprint density at radius 3 is 2.83 bits per heavy atom. The van der Waals surface area contributed by atoms with E-state index in [9.17, 15) is 9.59 Å². The zero-order valence-electron chi connectivity index (χ0n) is 10.2. The number of halogens is 1. The van der Waals surface area contributed by atoms with Crippen LogP contribution in [0.5, 0.6) is 5.75 Å². The van der Waals surface area contributed by atoms with E-state index in [0.717, 1.165) is 5.56 Å². The number of carbonyl (C=O) groups excluding carboxylic acids is 2. The fourth-order valence-electron chi connectivity index (χ4n) is 1.84. The molecule has 0 aromatic heterocycles. The number of ketones is 1. The predicted octanol–water partition coefficient (Wildman–Crippen LogP) is 2.56. The second-order valence-electron chi connectivity index (χ2n) is 4.49. The van der Waals surface area contributed by atoms with Gasteiger partial charge in [-0.3, -0.25) is 9.59 Å². The number of alkyl halides is 1. The molecular formula is C13H14ClNO3. The van der Waals surface area contributed by atoms with E-state index in [0.29, 0.717) is 17.0 Å². The molecule has 0 aliphatic carbocycles. The largest absolute Gasteiger partial charge is 0.481 e. The Hall–Kier alpha value is -1.55. The number of ether oxygens (including phenoxy) is 1. The van der Waals surface area contributed by atoms with Gasteiger partial charge in [0.25, 0.3) is 5.91 Å². The third-order valence-electron chi connectivity index (χ3n) is 2.82. The third-order valence-corrected chi connectivity index (χ3v) is 3.06. The van der Waals surface area contributed by atoms with Crippen LogP contribution in [-0.4, -0.2) is 24.2 Å². The number of hydrogen-bond acceptors (Lipinski definition) is 3. The first-order chi connectivity index (χ1) is 8.52. The molecule has 1 aromatic carbocycles. The molecule has 0 bridgehead atoms. The summed E-state index contributed by atoms with van der Waals surface area (Å²) in [4.78, 5) is 23.1. The molecule has 0 radical (unpaired) electrons. The highest BCUT2D eigenvalue weighted by Crippen LogP contribution is 2.35. The molecule has 0 fully saturated rings. The van der Waals surface area contributed by atoms with Crippen LogP contribution in [0.1, 0.15) is 35.7 Å². The average molecular weight is 268 g/mol. The number of carbonyl (C=O) groups is 2. The van der Waals surface area contributed by atoms with Gasteiger partial charge in [-0.05, 0) is 23.6 Å². The molecule has 0 unspecified atom stereocenters. The first-order valence-corrected chi connectivity index (χ1v) is 6.26. The van der Waals surface area contributed by atoms with Crippen LogP contribution in [0.2, 0.25) is 0 Å². The van der Waals surface area contributed by atoms with Gasteiger partial charge in [0.15, 0.2) is 18.1 Å². The van der Waals surface area contributed by atoms with Crippen molar-refractivity contribution in [3.8, 4) is 5.75 Å². The number of rotatable bonds is 3. The summed E-state index contributed by atoms with van der Waals surface area (Å²) in [5.74, 6) is 0.144. The molecular weight excluding hydrogens is 254 g/mol. The summed E-state index contributed by atoms with van der Waals surface area (Å²) in [5.41, 5.74) is 1.95. The highest BCUT2D eigenvalue weighted by Gasteiger charge is 2.23. The molecule has 0 spiro atoms. The molecule has 1 heterocycles. The monoisotopic (exact) mass is 267 g/mol. The lowest BCUT2D eigenvalue weighted by atomic mass is 9.97. The fourth-order valence-corrected chi connectivity index (χ4v) is 1.98. The van der Waals surface area contributed by atoms with E-state index in [1.54, 1.807) is 6.07 Å². The van der Waals surface area contributed by atoms with E-state index < -0.39 is 0 Å². The Labute approximate surface area is 110 Å². The van der Waals surface area contributed by atoms with Crippen molar-refractivity contribution in [2.45, 2.75) is 19.8 Å². The molecule has 1 amide bonds. The molecule has 96 valence electrons. The molecule has 2 rings (SSSR count). The van der Waals surface area contributed by atoms with Crippen molar-refractivity contribution in [3.63, 3.8) is 0 Å². The van der Waals surface area contributed by atoms with Gasteiger partial charge in [0, 0.05) is 0 Å². The van der Waals surface area contributed by atoms with Crippen molar-refractivity contribution in [1.29, 1.82) is 0 Å². The van der Waals surface area contributed by atoms with Crippen molar-refractivity contribution in [1.82, 2.24) is 0 Å². The summed E-state index contributed by atoms with van der Waals surface area (Å²) in [7, 11) is 0. The Kier molecular flexibility index (Phi) is 3.57. The zero-order chi connectivity index (χ0) is 13.3. The van der Waals surface area contributed by atoms with Crippen LogP contribution in [0, 0.1) is 0 Å². The fraction of sp³-hybridized carbons (Fsp3) is 0.385. The van der Waals surface area contributed by atoms with Gasteiger partial charge in [-0.1, -0.05) is 13.8 Å². The number of benzene rings is 1. The summed E-state index contributed by atoms with van der Waals surface area (Å²) in [5, 5.41) is 2.72. The van der Waals surface area contributed by atoms with Gasteiger partial charge >= 0.3 is 0 Å². The topological polar surface area (TPSA) is 55.4 Å². The molecule has 0 saturated heterocycles. The molecule has 0 atom stereocenters. The van der Waals surface area contributed by atoms with Gasteiger partial charge in [0.05, 0.1) is 17.1 Å². The number of anilines is 1. The Morgan fingerprint density at radius 2 is 2.22 bits per heavy atom. The van der Waals surface area contributed by atoms with Crippen molar-refractivity contribution < 1.29 is 14.3 Å². The average Bonchev–Trinajstić information content (AvgIpc) is 2.35. The van der Waals surface area contributed by atoms with Crippen molar-refractivity contribution in [2.75, 3.05) is 17.8 Å². The summed E-state index contributed by atoms with van der Waals surface area (Å²) in [6, 6.07) is 3.62. The lowest BCUT2D eigenvalue weighted by molar-refractivity contribution is -0.118. The first-order valence-electron chi connectivity index (χ1n) is 5.72. The van der Waals surface area contributed by atoms with Crippen LogP contribution >= 0.6 is 11.6 Å². The summed E-state index contributed by atoms with van der Waals surface area (Å²) < 4.78 is 5.33. The molecule has 1 aliphatic rings. The van der Waals surface area contributed by atoms with Gasteiger partial charge in [0.2, 0.25) is 0 Å². The van der Waals surface area contributed by atoms with E-state index in [4.69, 9.17) is 16.3 Å². The van der Waals surface area contributed by atoms with E-state index in [1.807, 2.05) is 19.9 Å². The number of hydrogen-bond donors (Lipinski definition) is 1. The first kappa shape index (κ1) is 12.9. The van der Waals surface area contributed by atoms with E-state index >= 15 is 0 Å². The minimum Gasteiger partial charge on any atom is -0.481 e. The van der Waals surface area contributed by atoms with Crippen LogP contribution in [0.15, 0.2) is 12.1 Å². The normalized spacial score (nSPS) is 13.9.